The number of rotatable bonds is 7. The second-order valence-electron chi connectivity index (χ2n) is 9.06. The maximum Gasteiger partial charge on any atom is 0.394 e. The van der Waals surface area contributed by atoms with Crippen LogP contribution in [-0.4, -0.2) is 52.2 Å². The highest BCUT2D eigenvalue weighted by Gasteiger charge is 2.50. The van der Waals surface area contributed by atoms with Crippen molar-refractivity contribution in [2.24, 2.45) is 11.7 Å². The minimum atomic E-state index is -4.10. The fraction of sp³-hybridized carbons (Fsp3) is 0.565. The van der Waals surface area contributed by atoms with Gasteiger partial charge in [0, 0.05) is 35.9 Å². The van der Waals surface area contributed by atoms with E-state index in [9.17, 15) is 18.0 Å². The van der Waals surface area contributed by atoms with Gasteiger partial charge >= 0.3 is 6.18 Å². The highest BCUT2D eigenvalue weighted by molar-refractivity contribution is 7.98. The molecule has 2 aliphatic rings. The van der Waals surface area contributed by atoms with E-state index in [2.05, 4.69) is 12.2 Å². The zero-order valence-corrected chi connectivity index (χ0v) is 19.7. The second-order valence-corrected chi connectivity index (χ2v) is 9.93. The lowest BCUT2D eigenvalue weighted by molar-refractivity contribution is -0.215. The standard InChI is InChI=1S/C23H30F3N5OS/c1-3-22(10-8-17(9-11-22)30-12-15(13-30)23(24,25)26)31-14-19(20(27)32)21(29-31)28-16-4-6-18(33-2)7-5-16/h4-7,14-15,17H,3,8-13H2,1-2H3,(H2,27,32)(H,28,29)/t17-,22+. The van der Waals surface area contributed by atoms with Gasteiger partial charge in [-0.15, -0.1) is 11.8 Å². The number of carbonyl (C=O) groups excluding carboxylic acids is 1. The molecule has 0 unspecified atom stereocenters. The molecule has 6 nitrogen and oxygen atoms in total. The molecule has 1 aliphatic heterocycles. The van der Waals surface area contributed by atoms with Crippen molar-refractivity contribution in [2.75, 3.05) is 24.7 Å². The SMILES string of the molecule is CC[C@]1(n2cc(C(N)=O)c(Nc3ccc(SC)cc3)n2)CC[C@@H](N2CC(C(F)(F)F)C2)CC1. The number of benzene rings is 1. The Balaban J connectivity index is 1.48. The maximum absolute atomic E-state index is 12.9. The van der Waals surface area contributed by atoms with Crippen LogP contribution in [0.4, 0.5) is 24.7 Å². The third kappa shape index (κ3) is 4.87. The monoisotopic (exact) mass is 481 g/mol. The number of likely N-dealkylation sites (tertiary alicyclic amines) is 1. The summed E-state index contributed by atoms with van der Waals surface area (Å²) in [4.78, 5) is 15.2. The first-order valence-electron chi connectivity index (χ1n) is 11.3. The zero-order valence-electron chi connectivity index (χ0n) is 18.9. The van der Waals surface area contributed by atoms with Gasteiger partial charge in [0.1, 0.15) is 5.56 Å². The van der Waals surface area contributed by atoms with Gasteiger partial charge in [0.15, 0.2) is 5.82 Å². The summed E-state index contributed by atoms with van der Waals surface area (Å²) in [6.45, 7) is 2.29. The first kappa shape index (κ1) is 23.9. The number of hydrogen-bond acceptors (Lipinski definition) is 5. The van der Waals surface area contributed by atoms with E-state index >= 15 is 0 Å². The van der Waals surface area contributed by atoms with Crippen LogP contribution in [0.2, 0.25) is 0 Å². The number of carbonyl (C=O) groups is 1. The molecule has 2 heterocycles. The average Bonchev–Trinajstić information content (AvgIpc) is 3.17. The predicted molar refractivity (Wildman–Crippen MR) is 124 cm³/mol. The number of amides is 1. The van der Waals surface area contributed by atoms with Crippen molar-refractivity contribution in [1.29, 1.82) is 0 Å². The molecular weight excluding hydrogens is 451 g/mol. The smallest absolute Gasteiger partial charge is 0.365 e. The number of hydrogen-bond donors (Lipinski definition) is 2. The zero-order chi connectivity index (χ0) is 23.8. The largest absolute Gasteiger partial charge is 0.394 e. The Bertz CT molecular complexity index is 977. The first-order valence-corrected chi connectivity index (χ1v) is 12.5. The summed E-state index contributed by atoms with van der Waals surface area (Å²) in [7, 11) is 0. The Morgan fingerprint density at radius 2 is 1.88 bits per heavy atom. The van der Waals surface area contributed by atoms with E-state index in [0.29, 0.717) is 11.4 Å². The number of alkyl halides is 3. The van der Waals surface area contributed by atoms with Gasteiger partial charge in [-0.2, -0.15) is 18.3 Å². The Morgan fingerprint density at radius 1 is 1.24 bits per heavy atom. The van der Waals surface area contributed by atoms with Crippen LogP contribution >= 0.6 is 11.8 Å². The number of nitrogens with zero attached hydrogens (tertiary/aromatic N) is 3. The van der Waals surface area contributed by atoms with Gasteiger partial charge in [0.05, 0.1) is 11.5 Å². The molecular formula is C23H30F3N5OS. The Morgan fingerprint density at radius 3 is 2.39 bits per heavy atom. The number of halogens is 3. The molecule has 1 saturated heterocycles. The molecule has 10 heteroatoms. The van der Waals surface area contributed by atoms with Crippen molar-refractivity contribution < 1.29 is 18.0 Å². The van der Waals surface area contributed by atoms with Crippen LogP contribution in [-0.2, 0) is 5.54 Å². The Kier molecular flexibility index (Phi) is 6.68. The van der Waals surface area contributed by atoms with Crippen LogP contribution in [0.5, 0.6) is 0 Å². The minimum Gasteiger partial charge on any atom is -0.365 e. The minimum absolute atomic E-state index is 0.101. The predicted octanol–water partition coefficient (Wildman–Crippen LogP) is 4.99. The lowest BCUT2D eigenvalue weighted by atomic mass is 9.76. The Hall–Kier alpha value is -2.20. The number of thioether (sulfide) groups is 1. The van der Waals surface area contributed by atoms with Crippen LogP contribution < -0.4 is 11.1 Å². The van der Waals surface area contributed by atoms with E-state index in [1.165, 1.54) is 0 Å². The normalized spacial score (nSPS) is 24.5. The van der Waals surface area contributed by atoms with Gasteiger partial charge in [0.25, 0.3) is 5.91 Å². The molecule has 0 atom stereocenters. The van der Waals surface area contributed by atoms with E-state index < -0.39 is 18.0 Å². The van der Waals surface area contributed by atoms with Crippen LogP contribution in [0, 0.1) is 5.92 Å². The van der Waals surface area contributed by atoms with Crippen LogP contribution in [0.1, 0.15) is 49.4 Å². The molecule has 33 heavy (non-hydrogen) atoms. The fourth-order valence-electron chi connectivity index (χ4n) is 4.97. The van der Waals surface area contributed by atoms with Crippen molar-refractivity contribution >= 4 is 29.2 Å². The Labute approximate surface area is 196 Å². The van der Waals surface area contributed by atoms with Gasteiger partial charge in [0.2, 0.25) is 0 Å². The van der Waals surface area contributed by atoms with E-state index in [1.54, 1.807) is 18.0 Å². The van der Waals surface area contributed by atoms with Crippen LogP contribution in [0.15, 0.2) is 35.4 Å². The number of aromatic nitrogens is 2. The first-order chi connectivity index (χ1) is 15.6. The number of nitrogens with one attached hydrogen (secondary N) is 1. The topological polar surface area (TPSA) is 76.2 Å². The number of nitrogens with two attached hydrogens (primary N) is 1. The van der Waals surface area contributed by atoms with Gasteiger partial charge in [-0.25, -0.2) is 0 Å². The van der Waals surface area contributed by atoms with Gasteiger partial charge in [-0.3, -0.25) is 14.4 Å². The fourth-order valence-corrected chi connectivity index (χ4v) is 5.38. The summed E-state index contributed by atoms with van der Waals surface area (Å²) in [5.74, 6) is -1.33. The number of primary amides is 1. The molecule has 1 aromatic carbocycles. The molecule has 1 aliphatic carbocycles. The van der Waals surface area contributed by atoms with E-state index in [4.69, 9.17) is 10.8 Å². The van der Waals surface area contributed by atoms with Gasteiger partial charge < -0.3 is 11.1 Å². The molecule has 3 N–H and O–H groups in total. The lowest BCUT2D eigenvalue weighted by Crippen LogP contribution is -2.58. The van der Waals surface area contributed by atoms with Crippen molar-refractivity contribution in [3.8, 4) is 0 Å². The third-order valence-corrected chi connectivity index (χ3v) is 8.00. The summed E-state index contributed by atoms with van der Waals surface area (Å²) in [5, 5.41) is 7.93. The molecule has 2 aromatic rings. The molecule has 4 rings (SSSR count). The average molecular weight is 482 g/mol. The molecule has 0 bridgehead atoms. The molecule has 2 fully saturated rings. The summed E-state index contributed by atoms with van der Waals surface area (Å²) < 4.78 is 40.4. The van der Waals surface area contributed by atoms with Crippen LogP contribution in [0.3, 0.4) is 0 Å². The summed E-state index contributed by atoms with van der Waals surface area (Å²) in [6, 6.07) is 8.00. The van der Waals surface area contributed by atoms with Gasteiger partial charge in [-0.1, -0.05) is 6.92 Å². The summed E-state index contributed by atoms with van der Waals surface area (Å²) in [5.41, 5.74) is 6.50. The lowest BCUT2D eigenvalue weighted by Gasteiger charge is -2.49. The molecule has 1 saturated carbocycles. The van der Waals surface area contributed by atoms with Crippen molar-refractivity contribution in [3.63, 3.8) is 0 Å². The van der Waals surface area contributed by atoms with Crippen molar-refractivity contribution in [2.45, 2.75) is 61.7 Å². The quantitative estimate of drug-likeness (QED) is 0.545. The van der Waals surface area contributed by atoms with Crippen molar-refractivity contribution in [1.82, 2.24) is 14.7 Å². The van der Waals surface area contributed by atoms with E-state index in [0.717, 1.165) is 42.7 Å². The van der Waals surface area contributed by atoms with Gasteiger partial charge in [-0.05, 0) is 62.6 Å². The second kappa shape index (κ2) is 9.21. The molecule has 1 amide bonds. The summed E-state index contributed by atoms with van der Waals surface area (Å²) in [6.07, 6.45) is 3.64. The number of anilines is 2. The maximum atomic E-state index is 12.9. The van der Waals surface area contributed by atoms with E-state index in [-0.39, 0.29) is 24.7 Å². The highest BCUT2D eigenvalue weighted by Crippen LogP contribution is 2.43. The van der Waals surface area contributed by atoms with E-state index in [1.807, 2.05) is 40.1 Å². The molecule has 1 aromatic heterocycles. The van der Waals surface area contributed by atoms with Crippen LogP contribution in [0.25, 0.3) is 0 Å². The van der Waals surface area contributed by atoms with Crippen molar-refractivity contribution in [3.05, 3.63) is 36.0 Å². The summed E-state index contributed by atoms with van der Waals surface area (Å²) >= 11 is 1.65. The molecule has 180 valence electrons. The molecule has 0 radical (unpaired) electrons. The third-order valence-electron chi connectivity index (χ3n) is 7.25. The molecule has 0 spiro atoms. The highest BCUT2D eigenvalue weighted by atomic mass is 32.2.